The van der Waals surface area contributed by atoms with E-state index in [1.807, 2.05) is 31.2 Å². The predicted molar refractivity (Wildman–Crippen MR) is 119 cm³/mol. The molecule has 7 heteroatoms. The van der Waals surface area contributed by atoms with Gasteiger partial charge in [-0.15, -0.1) is 0 Å². The number of pyridine rings is 1. The fourth-order valence-electron chi connectivity index (χ4n) is 3.35. The van der Waals surface area contributed by atoms with Gasteiger partial charge < -0.3 is 19.7 Å². The van der Waals surface area contributed by atoms with E-state index in [0.717, 1.165) is 22.3 Å². The van der Waals surface area contributed by atoms with Crippen molar-refractivity contribution < 1.29 is 19.1 Å². The molecule has 0 fully saturated rings. The lowest BCUT2D eigenvalue weighted by Crippen LogP contribution is -2.37. The van der Waals surface area contributed by atoms with Crippen LogP contribution in [0.25, 0.3) is 23.1 Å². The summed E-state index contributed by atoms with van der Waals surface area (Å²) in [5, 5.41) is 13.7. The first kappa shape index (κ1) is 20.6. The van der Waals surface area contributed by atoms with E-state index >= 15 is 0 Å². The Bertz CT molecular complexity index is 1240. The summed E-state index contributed by atoms with van der Waals surface area (Å²) in [5.41, 5.74) is 1.57. The number of nitrogens with zero attached hydrogens (tertiary/aromatic N) is 2. The molecular formula is C24H23N3O4. The molecule has 3 heterocycles. The van der Waals surface area contributed by atoms with Crippen molar-refractivity contribution in [3.8, 4) is 0 Å². The number of para-hydroxylation sites is 1. The molecule has 1 aromatic carbocycles. The summed E-state index contributed by atoms with van der Waals surface area (Å²) in [6.07, 6.45) is 7.74. The molecule has 4 rings (SSSR count). The molecule has 2 amide bonds. The zero-order chi connectivity index (χ0) is 22.2. The van der Waals surface area contributed by atoms with E-state index in [9.17, 15) is 14.7 Å². The number of furan rings is 1. The van der Waals surface area contributed by atoms with Crippen molar-refractivity contribution in [2.75, 3.05) is 12.4 Å². The highest BCUT2D eigenvalue weighted by Gasteiger charge is 2.30. The number of hydrogen-bond donors (Lipinski definition) is 2. The maximum Gasteiger partial charge on any atom is 0.261 e. The largest absolute Gasteiger partial charge is 0.459 e. The standard InChI is InChI=1S/C24H23N3O4/c1-15-18-6-4-5-7-19(18)31-20(15)14-27(3)21(28)9-8-16-12-17-10-11-24(2,30)23(29)26-22(17)25-13-16/h4-13,30H,14H2,1-3H3,(H,25,26,29)/b9-8+. The van der Waals surface area contributed by atoms with Crippen LogP contribution in [-0.4, -0.2) is 39.5 Å². The lowest BCUT2D eigenvalue weighted by molar-refractivity contribution is -0.128. The number of hydrogen-bond acceptors (Lipinski definition) is 5. The zero-order valence-electron chi connectivity index (χ0n) is 17.5. The van der Waals surface area contributed by atoms with Crippen LogP contribution in [0, 0.1) is 6.92 Å². The van der Waals surface area contributed by atoms with E-state index in [2.05, 4.69) is 10.3 Å². The number of aryl methyl sites for hydroxylation is 1. The smallest absolute Gasteiger partial charge is 0.261 e. The van der Waals surface area contributed by atoms with Gasteiger partial charge in [-0.1, -0.05) is 24.3 Å². The molecule has 2 N–H and O–H groups in total. The topological polar surface area (TPSA) is 95.7 Å². The SMILES string of the molecule is Cc1c(CN(C)C(=O)/C=C/c2cnc3c(c2)C=CC(C)(O)C(=O)N3)oc2ccccc12. The first-order valence-electron chi connectivity index (χ1n) is 9.88. The second-order valence-electron chi connectivity index (χ2n) is 7.82. The van der Waals surface area contributed by atoms with Crippen LogP contribution >= 0.6 is 0 Å². The monoisotopic (exact) mass is 417 g/mol. The van der Waals surface area contributed by atoms with Gasteiger partial charge in [0.2, 0.25) is 5.91 Å². The van der Waals surface area contributed by atoms with Gasteiger partial charge in [0, 0.05) is 35.8 Å². The molecule has 158 valence electrons. The molecule has 2 aromatic heterocycles. The van der Waals surface area contributed by atoms with Gasteiger partial charge in [-0.2, -0.15) is 0 Å². The molecule has 0 radical (unpaired) electrons. The number of rotatable bonds is 4. The molecule has 31 heavy (non-hydrogen) atoms. The van der Waals surface area contributed by atoms with Crippen molar-refractivity contribution in [3.05, 3.63) is 71.1 Å². The lowest BCUT2D eigenvalue weighted by Gasteiger charge is -2.15. The van der Waals surface area contributed by atoms with Gasteiger partial charge in [-0.25, -0.2) is 4.98 Å². The van der Waals surface area contributed by atoms with Gasteiger partial charge in [0.25, 0.3) is 5.91 Å². The van der Waals surface area contributed by atoms with Crippen molar-refractivity contribution in [3.63, 3.8) is 0 Å². The third-order valence-corrected chi connectivity index (χ3v) is 5.34. The Kier molecular flexibility index (Phi) is 5.20. The Morgan fingerprint density at radius 3 is 2.90 bits per heavy atom. The van der Waals surface area contributed by atoms with Gasteiger partial charge >= 0.3 is 0 Å². The maximum absolute atomic E-state index is 12.6. The number of fused-ring (bicyclic) bond motifs is 2. The molecule has 1 unspecified atom stereocenters. The minimum Gasteiger partial charge on any atom is -0.459 e. The number of amides is 2. The number of benzene rings is 1. The quantitative estimate of drug-likeness (QED) is 0.633. The Morgan fingerprint density at radius 1 is 1.35 bits per heavy atom. The molecule has 0 bridgehead atoms. The van der Waals surface area contributed by atoms with Gasteiger partial charge in [0.1, 0.15) is 17.2 Å². The molecule has 0 spiro atoms. The van der Waals surface area contributed by atoms with Crippen molar-refractivity contribution >= 4 is 40.8 Å². The number of likely N-dealkylation sites (N-methyl/N-ethyl adjacent to an activating group) is 1. The Labute approximate surface area is 179 Å². The first-order chi connectivity index (χ1) is 14.7. The molecular weight excluding hydrogens is 394 g/mol. The van der Waals surface area contributed by atoms with Crippen LogP contribution in [0.2, 0.25) is 0 Å². The van der Waals surface area contributed by atoms with Gasteiger partial charge in [-0.3, -0.25) is 9.59 Å². The highest BCUT2D eigenvalue weighted by Crippen LogP contribution is 2.26. The molecule has 0 saturated carbocycles. The number of nitrogens with one attached hydrogen (secondary N) is 1. The van der Waals surface area contributed by atoms with Crippen LogP contribution in [0.3, 0.4) is 0 Å². The lowest BCUT2D eigenvalue weighted by atomic mass is 10.1. The van der Waals surface area contributed by atoms with Crippen molar-refractivity contribution in [2.45, 2.75) is 26.0 Å². The molecule has 1 aliphatic rings. The summed E-state index contributed by atoms with van der Waals surface area (Å²) in [4.78, 5) is 30.4. The second-order valence-corrected chi connectivity index (χ2v) is 7.82. The summed E-state index contributed by atoms with van der Waals surface area (Å²) < 4.78 is 5.89. The van der Waals surface area contributed by atoms with E-state index < -0.39 is 11.5 Å². The fourth-order valence-corrected chi connectivity index (χ4v) is 3.35. The van der Waals surface area contributed by atoms with E-state index in [4.69, 9.17) is 4.42 Å². The number of aliphatic hydroxyl groups is 1. The Morgan fingerprint density at radius 2 is 2.13 bits per heavy atom. The molecule has 0 aliphatic carbocycles. The highest BCUT2D eigenvalue weighted by atomic mass is 16.3. The van der Waals surface area contributed by atoms with Crippen LogP contribution in [0.15, 0.2) is 53.1 Å². The molecule has 0 saturated heterocycles. The average molecular weight is 417 g/mol. The first-order valence-corrected chi connectivity index (χ1v) is 9.88. The van der Waals surface area contributed by atoms with Crippen LogP contribution in [0.1, 0.15) is 29.4 Å². The van der Waals surface area contributed by atoms with Crippen molar-refractivity contribution in [2.24, 2.45) is 0 Å². The normalized spacial score (nSPS) is 18.1. The number of anilines is 1. The number of aromatic nitrogens is 1. The summed E-state index contributed by atoms with van der Waals surface area (Å²) in [6.45, 7) is 3.75. The minimum atomic E-state index is -1.61. The van der Waals surface area contributed by atoms with Gasteiger partial charge in [-0.05, 0) is 43.7 Å². The minimum absolute atomic E-state index is 0.179. The third-order valence-electron chi connectivity index (χ3n) is 5.34. The van der Waals surface area contributed by atoms with Crippen molar-refractivity contribution in [1.82, 2.24) is 9.88 Å². The third kappa shape index (κ3) is 4.13. The average Bonchev–Trinajstić information content (AvgIpc) is 3.00. The van der Waals surface area contributed by atoms with Gasteiger partial charge in [0.15, 0.2) is 5.60 Å². The predicted octanol–water partition coefficient (Wildman–Crippen LogP) is 3.52. The van der Waals surface area contributed by atoms with Crippen LogP contribution in [0.5, 0.6) is 0 Å². The van der Waals surface area contributed by atoms with E-state index in [-0.39, 0.29) is 5.91 Å². The number of carbonyl (C=O) groups excluding carboxylic acids is 2. The summed E-state index contributed by atoms with van der Waals surface area (Å²) >= 11 is 0. The van der Waals surface area contributed by atoms with E-state index in [1.165, 1.54) is 19.1 Å². The van der Waals surface area contributed by atoms with Crippen LogP contribution < -0.4 is 5.32 Å². The zero-order valence-corrected chi connectivity index (χ0v) is 17.5. The van der Waals surface area contributed by atoms with Crippen LogP contribution in [-0.2, 0) is 16.1 Å². The molecule has 3 aromatic rings. The molecule has 1 aliphatic heterocycles. The highest BCUT2D eigenvalue weighted by molar-refractivity contribution is 6.01. The van der Waals surface area contributed by atoms with Crippen LogP contribution in [0.4, 0.5) is 5.82 Å². The number of carbonyl (C=O) groups is 2. The van der Waals surface area contributed by atoms with Crippen molar-refractivity contribution in [1.29, 1.82) is 0 Å². The van der Waals surface area contributed by atoms with E-state index in [1.54, 1.807) is 36.4 Å². The summed E-state index contributed by atoms with van der Waals surface area (Å²) in [5.74, 6) is 0.391. The molecule has 7 nitrogen and oxygen atoms in total. The maximum atomic E-state index is 12.6. The van der Waals surface area contributed by atoms with E-state index in [0.29, 0.717) is 23.5 Å². The van der Waals surface area contributed by atoms with Gasteiger partial charge in [0.05, 0.1) is 6.54 Å². The summed E-state index contributed by atoms with van der Waals surface area (Å²) in [7, 11) is 1.72. The summed E-state index contributed by atoms with van der Waals surface area (Å²) in [6, 6.07) is 9.58. The fraction of sp³-hybridized carbons (Fsp3) is 0.208. The second kappa shape index (κ2) is 7.85. The Hall–Kier alpha value is -3.71. The Balaban J connectivity index is 1.48. The molecule has 1 atom stereocenters.